The van der Waals surface area contributed by atoms with Crippen molar-refractivity contribution in [3.8, 4) is 0 Å². The van der Waals surface area contributed by atoms with Crippen LogP contribution in [-0.2, 0) is 64.1 Å². The van der Waals surface area contributed by atoms with E-state index in [1.807, 2.05) is 131 Å². The molecule has 12 heteroatoms. The quantitative estimate of drug-likeness (QED) is 0.0795. The number of amides is 2. The monoisotopic (exact) mass is 1220 g/mol. The molecule has 0 spiro atoms. The van der Waals surface area contributed by atoms with E-state index in [9.17, 15) is 19.2 Å². The van der Waals surface area contributed by atoms with Crippen LogP contribution in [0.15, 0.2) is 276 Å². The van der Waals surface area contributed by atoms with Gasteiger partial charge < -0.3 is 39.0 Å². The highest BCUT2D eigenvalue weighted by atomic mass is 16.5. The van der Waals surface area contributed by atoms with Crippen LogP contribution in [0.3, 0.4) is 0 Å². The number of rotatable bonds is 14. The zero-order valence-electron chi connectivity index (χ0n) is 52.2. The standard InChI is InChI=1S/2C39H33NO4.2CH4O/c2*1-2-43-39(42)34(21-27-16-17-28-12-6-8-14-30(28)20-27)36-23-33(32-19-18-29-13-7-9-15-31(29)22-32)35-25-40(38(41)37(35)44-36)24-26-10-4-3-5-11-26;2*1-2/h2*3-20,22,33H,2,21,23-25H2,1H3;2*2H,1H3/b2*36-34+;;/t2*33-;;/m11../s1. The molecule has 12 nitrogen and oxygen atoms in total. The van der Waals surface area contributed by atoms with Crippen LogP contribution in [-0.4, -0.2) is 84.3 Å². The molecule has 92 heavy (non-hydrogen) atoms. The van der Waals surface area contributed by atoms with E-state index < -0.39 is 11.9 Å². The SMILES string of the molecule is CCOC(=O)/C(Cc1ccc2ccccc2c1)=C1\C[C@H](c2ccc3ccccc3c2)C2=C(O1)C(=O)N(Cc1ccccc1)C2.CCOC(=O)/C(Cc1ccc2ccccc2c1)=C1\C[C@H](c2ccc3ccccc3c2)C2=C(O1)C(=O)N(Cc1ccccc1)C2.CO.CO. The highest BCUT2D eigenvalue weighted by Gasteiger charge is 2.44. The zero-order chi connectivity index (χ0) is 64.1. The first-order chi connectivity index (χ1) is 45.1. The zero-order valence-corrected chi connectivity index (χ0v) is 52.2. The predicted molar refractivity (Wildman–Crippen MR) is 361 cm³/mol. The first-order valence-corrected chi connectivity index (χ1v) is 31.2. The first-order valence-electron chi connectivity index (χ1n) is 31.2. The molecule has 10 aromatic carbocycles. The van der Waals surface area contributed by atoms with Crippen molar-refractivity contribution in [3.05, 3.63) is 309 Å². The van der Waals surface area contributed by atoms with Crippen LogP contribution in [0.25, 0.3) is 43.1 Å². The van der Waals surface area contributed by atoms with Crippen LogP contribution in [0.5, 0.6) is 0 Å². The summed E-state index contributed by atoms with van der Waals surface area (Å²) in [7, 11) is 2.00. The topological polar surface area (TPSA) is 152 Å². The fourth-order valence-corrected chi connectivity index (χ4v) is 12.8. The maximum atomic E-state index is 13.9. The molecule has 0 aliphatic carbocycles. The lowest BCUT2D eigenvalue weighted by Gasteiger charge is -2.28. The van der Waals surface area contributed by atoms with E-state index in [1.54, 1.807) is 13.8 Å². The minimum Gasteiger partial charge on any atom is -0.463 e. The molecule has 0 fully saturated rings. The van der Waals surface area contributed by atoms with Crippen LogP contribution in [0.1, 0.15) is 71.9 Å². The number of nitrogens with zero attached hydrogens (tertiary/aromatic N) is 2. The number of hydrogen-bond donors (Lipinski definition) is 2. The van der Waals surface area contributed by atoms with Crippen molar-refractivity contribution in [1.29, 1.82) is 0 Å². The summed E-state index contributed by atoms with van der Waals surface area (Å²) in [5.74, 6) is 0.301. The van der Waals surface area contributed by atoms with Crippen molar-refractivity contribution in [2.75, 3.05) is 40.5 Å². The maximum absolute atomic E-state index is 13.9. The molecular formula is C80H74N2O10. The van der Waals surface area contributed by atoms with Gasteiger partial charge in [-0.1, -0.05) is 231 Å². The third-order valence-corrected chi connectivity index (χ3v) is 17.2. The summed E-state index contributed by atoms with van der Waals surface area (Å²) in [6.45, 7) is 6.04. The Hall–Kier alpha value is -10.4. The van der Waals surface area contributed by atoms with Crippen LogP contribution < -0.4 is 0 Å². The Kier molecular flexibility index (Phi) is 20.3. The Labute approximate surface area is 536 Å². The Balaban J connectivity index is 0.000000179. The number of ether oxygens (including phenoxy) is 4. The summed E-state index contributed by atoms with van der Waals surface area (Å²) in [6.07, 6.45) is 1.61. The van der Waals surface area contributed by atoms with Gasteiger partial charge in [0, 0.05) is 89.1 Å². The molecule has 0 bridgehead atoms. The van der Waals surface area contributed by atoms with Crippen LogP contribution in [0, 0.1) is 0 Å². The van der Waals surface area contributed by atoms with E-state index in [4.69, 9.17) is 29.2 Å². The molecule has 0 aromatic heterocycles. The van der Waals surface area contributed by atoms with E-state index in [2.05, 4.69) is 109 Å². The summed E-state index contributed by atoms with van der Waals surface area (Å²) in [5.41, 5.74) is 9.09. The van der Waals surface area contributed by atoms with Gasteiger partial charge in [0.15, 0.2) is 11.5 Å². The predicted octanol–water partition coefficient (Wildman–Crippen LogP) is 14.9. The van der Waals surface area contributed by atoms with E-state index in [-0.39, 0.29) is 36.9 Å². The second-order valence-corrected chi connectivity index (χ2v) is 22.9. The molecule has 2 N–H and O–H groups in total. The highest BCUT2D eigenvalue weighted by molar-refractivity contribution is 5.98. The molecule has 10 aromatic rings. The van der Waals surface area contributed by atoms with Crippen LogP contribution in [0.4, 0.5) is 0 Å². The summed E-state index contributed by atoms with van der Waals surface area (Å²) < 4.78 is 24.1. The Morgan fingerprint density at radius 2 is 0.717 bits per heavy atom. The van der Waals surface area contributed by atoms with Gasteiger partial charge in [0.05, 0.1) is 24.4 Å². The molecule has 0 saturated carbocycles. The van der Waals surface area contributed by atoms with Crippen molar-refractivity contribution in [2.24, 2.45) is 0 Å². The fraction of sp³-hybridized carbons (Fsp3) is 0.200. The number of carbonyl (C=O) groups excluding carboxylic acids is 4. The Bertz CT molecular complexity index is 4200. The molecule has 4 aliphatic heterocycles. The molecule has 2 amide bonds. The van der Waals surface area contributed by atoms with Gasteiger partial charge in [-0.25, -0.2) is 9.59 Å². The number of esters is 2. The minimum atomic E-state index is -0.413. The van der Waals surface area contributed by atoms with E-state index >= 15 is 0 Å². The van der Waals surface area contributed by atoms with Crippen LogP contribution in [0.2, 0.25) is 0 Å². The molecule has 0 unspecified atom stereocenters. The fourth-order valence-electron chi connectivity index (χ4n) is 12.8. The molecular weight excluding hydrogens is 1150 g/mol. The van der Waals surface area contributed by atoms with E-state index in [0.29, 0.717) is 86.0 Å². The van der Waals surface area contributed by atoms with Gasteiger partial charge in [0.25, 0.3) is 11.8 Å². The number of aliphatic hydroxyl groups excluding tert-OH is 2. The minimum absolute atomic E-state index is 0.121. The number of allylic oxidation sites excluding steroid dienone is 2. The summed E-state index contributed by atoms with van der Waals surface area (Å²) in [6, 6.07) is 78.2. The average molecular weight is 1220 g/mol. The molecule has 4 heterocycles. The molecule has 14 rings (SSSR count). The number of benzene rings is 10. The third kappa shape index (κ3) is 14.0. The van der Waals surface area contributed by atoms with E-state index in [1.165, 1.54) is 0 Å². The summed E-state index contributed by atoms with van der Waals surface area (Å²) in [5, 5.41) is 23.1. The normalized spacial score (nSPS) is 16.9. The number of hydrogen-bond acceptors (Lipinski definition) is 10. The summed E-state index contributed by atoms with van der Waals surface area (Å²) >= 11 is 0. The number of aliphatic hydroxyl groups is 2. The van der Waals surface area contributed by atoms with Crippen molar-refractivity contribution in [2.45, 2.75) is 64.5 Å². The smallest absolute Gasteiger partial charge is 0.337 e. The second-order valence-electron chi connectivity index (χ2n) is 22.9. The number of fused-ring (bicyclic) bond motifs is 4. The van der Waals surface area contributed by atoms with Crippen molar-refractivity contribution >= 4 is 66.8 Å². The van der Waals surface area contributed by atoms with Gasteiger partial charge in [-0.2, -0.15) is 0 Å². The molecule has 4 aliphatic rings. The molecule has 0 saturated heterocycles. The van der Waals surface area contributed by atoms with E-state index in [0.717, 1.165) is 102 Å². The average Bonchev–Trinajstić information content (AvgIpc) is 1.56. The lowest BCUT2D eigenvalue weighted by molar-refractivity contribution is -0.139. The lowest BCUT2D eigenvalue weighted by atomic mass is 9.83. The van der Waals surface area contributed by atoms with Crippen molar-refractivity contribution in [3.63, 3.8) is 0 Å². The molecule has 2 atom stereocenters. The van der Waals surface area contributed by atoms with Gasteiger partial charge in [-0.3, -0.25) is 9.59 Å². The first kappa shape index (κ1) is 63.2. The van der Waals surface area contributed by atoms with Crippen molar-refractivity contribution < 1.29 is 48.3 Å². The number of carbonyl (C=O) groups is 4. The summed E-state index contributed by atoms with van der Waals surface area (Å²) in [4.78, 5) is 58.6. The van der Waals surface area contributed by atoms with Gasteiger partial charge in [0.1, 0.15) is 11.5 Å². The maximum Gasteiger partial charge on any atom is 0.337 e. The van der Waals surface area contributed by atoms with Gasteiger partial charge in [-0.05, 0) is 90.3 Å². The molecule has 464 valence electrons. The highest BCUT2D eigenvalue weighted by Crippen LogP contribution is 2.47. The lowest BCUT2D eigenvalue weighted by Crippen LogP contribution is -2.27. The Morgan fingerprint density at radius 3 is 1.07 bits per heavy atom. The van der Waals surface area contributed by atoms with Gasteiger partial charge >= 0.3 is 11.9 Å². The third-order valence-electron chi connectivity index (χ3n) is 17.2. The van der Waals surface area contributed by atoms with Crippen molar-refractivity contribution in [1.82, 2.24) is 9.80 Å². The van der Waals surface area contributed by atoms with Crippen LogP contribution >= 0.6 is 0 Å². The molecule has 0 radical (unpaired) electrons. The van der Waals surface area contributed by atoms with Gasteiger partial charge in [-0.15, -0.1) is 0 Å². The largest absolute Gasteiger partial charge is 0.463 e. The second kappa shape index (κ2) is 29.5. The Morgan fingerprint density at radius 1 is 0.402 bits per heavy atom. The van der Waals surface area contributed by atoms with Gasteiger partial charge in [0.2, 0.25) is 0 Å².